The number of rotatable bonds is 5. The smallest absolute Gasteiger partial charge is 0.359 e. The standard InChI is InChI=1S/C15H23N3O3/c1-4-6-7-13(19)18-9-8-12-11(10-18)14(16-17(12)3)15(20)21-5-2/h4-10H2,1-3H3. The van der Waals surface area contributed by atoms with Gasteiger partial charge < -0.3 is 9.64 Å². The summed E-state index contributed by atoms with van der Waals surface area (Å²) in [4.78, 5) is 26.0. The Morgan fingerprint density at radius 3 is 2.76 bits per heavy atom. The first kappa shape index (κ1) is 15.5. The van der Waals surface area contributed by atoms with Crippen LogP contribution < -0.4 is 0 Å². The number of amides is 1. The van der Waals surface area contributed by atoms with Gasteiger partial charge in [0, 0.05) is 44.2 Å². The maximum absolute atomic E-state index is 12.2. The van der Waals surface area contributed by atoms with Gasteiger partial charge in [0.05, 0.1) is 6.61 Å². The van der Waals surface area contributed by atoms with Crippen molar-refractivity contribution in [1.29, 1.82) is 0 Å². The second kappa shape index (κ2) is 6.74. The highest BCUT2D eigenvalue weighted by atomic mass is 16.5. The lowest BCUT2D eigenvalue weighted by Crippen LogP contribution is -2.36. The van der Waals surface area contributed by atoms with Crippen molar-refractivity contribution < 1.29 is 14.3 Å². The van der Waals surface area contributed by atoms with Crippen molar-refractivity contribution in [2.45, 2.75) is 46.1 Å². The van der Waals surface area contributed by atoms with E-state index in [4.69, 9.17) is 4.74 Å². The number of ether oxygens (including phenoxy) is 1. The first-order valence-electron chi connectivity index (χ1n) is 7.58. The summed E-state index contributed by atoms with van der Waals surface area (Å²) in [6, 6.07) is 0. The van der Waals surface area contributed by atoms with E-state index in [0.717, 1.165) is 30.5 Å². The molecular formula is C15H23N3O3. The van der Waals surface area contributed by atoms with Crippen LogP contribution in [0.1, 0.15) is 54.9 Å². The molecule has 0 fully saturated rings. The average molecular weight is 293 g/mol. The zero-order chi connectivity index (χ0) is 15.4. The zero-order valence-corrected chi connectivity index (χ0v) is 13.0. The number of esters is 1. The van der Waals surface area contributed by atoms with Crippen LogP contribution in [0.25, 0.3) is 0 Å². The van der Waals surface area contributed by atoms with Crippen molar-refractivity contribution in [3.63, 3.8) is 0 Å². The second-order valence-corrected chi connectivity index (χ2v) is 5.29. The number of hydrogen-bond acceptors (Lipinski definition) is 4. The monoisotopic (exact) mass is 293 g/mol. The summed E-state index contributed by atoms with van der Waals surface area (Å²) in [7, 11) is 1.83. The highest BCUT2D eigenvalue weighted by Gasteiger charge is 2.29. The predicted octanol–water partition coefficient (Wildman–Crippen LogP) is 1.67. The van der Waals surface area contributed by atoms with Gasteiger partial charge in [-0.25, -0.2) is 4.79 Å². The molecule has 0 spiro atoms. The Hall–Kier alpha value is -1.85. The van der Waals surface area contributed by atoms with Gasteiger partial charge in [0.1, 0.15) is 0 Å². The normalized spacial score (nSPS) is 14.0. The fraction of sp³-hybridized carbons (Fsp3) is 0.667. The van der Waals surface area contributed by atoms with E-state index in [9.17, 15) is 9.59 Å². The van der Waals surface area contributed by atoms with E-state index in [1.54, 1.807) is 11.6 Å². The Kier molecular flexibility index (Phi) is 4.98. The molecule has 0 saturated heterocycles. The van der Waals surface area contributed by atoms with Crippen LogP contribution in [0.4, 0.5) is 0 Å². The first-order valence-corrected chi connectivity index (χ1v) is 7.58. The molecule has 0 unspecified atom stereocenters. The molecule has 0 radical (unpaired) electrons. The number of carbonyl (C=O) groups excluding carboxylic acids is 2. The van der Waals surface area contributed by atoms with E-state index in [1.165, 1.54) is 0 Å². The summed E-state index contributed by atoms with van der Waals surface area (Å²) in [5.74, 6) is -0.252. The predicted molar refractivity (Wildman–Crippen MR) is 77.8 cm³/mol. The van der Waals surface area contributed by atoms with Crippen LogP contribution in [0.5, 0.6) is 0 Å². The van der Waals surface area contributed by atoms with Gasteiger partial charge in [-0.2, -0.15) is 5.10 Å². The van der Waals surface area contributed by atoms with E-state index in [2.05, 4.69) is 12.0 Å². The van der Waals surface area contributed by atoms with Crippen LogP contribution in [0, 0.1) is 0 Å². The molecule has 1 amide bonds. The number of hydrogen-bond donors (Lipinski definition) is 0. The number of carbonyl (C=O) groups is 2. The minimum Gasteiger partial charge on any atom is -0.461 e. The summed E-state index contributed by atoms with van der Waals surface area (Å²) in [6.45, 7) is 5.32. The van der Waals surface area contributed by atoms with Crippen molar-refractivity contribution >= 4 is 11.9 Å². The number of nitrogens with zero attached hydrogens (tertiary/aromatic N) is 3. The van der Waals surface area contributed by atoms with Crippen molar-refractivity contribution in [2.75, 3.05) is 13.2 Å². The summed E-state index contributed by atoms with van der Waals surface area (Å²) in [5.41, 5.74) is 2.21. The van der Waals surface area contributed by atoms with E-state index >= 15 is 0 Å². The van der Waals surface area contributed by atoms with Crippen LogP contribution in [0.2, 0.25) is 0 Å². The SMILES string of the molecule is CCCCC(=O)N1CCc2c(c(C(=O)OCC)nn2C)C1. The molecule has 6 heteroatoms. The topological polar surface area (TPSA) is 64.4 Å². The molecule has 0 atom stereocenters. The van der Waals surface area contributed by atoms with Crippen molar-refractivity contribution in [2.24, 2.45) is 7.05 Å². The Morgan fingerprint density at radius 2 is 2.10 bits per heavy atom. The summed E-state index contributed by atoms with van der Waals surface area (Å²) >= 11 is 0. The number of aryl methyl sites for hydroxylation is 1. The quantitative estimate of drug-likeness (QED) is 0.775. The lowest BCUT2D eigenvalue weighted by atomic mass is 10.0. The van der Waals surface area contributed by atoms with Gasteiger partial charge in [0.25, 0.3) is 0 Å². The molecule has 0 aliphatic carbocycles. The third kappa shape index (κ3) is 3.25. The largest absolute Gasteiger partial charge is 0.461 e. The summed E-state index contributed by atoms with van der Waals surface area (Å²) < 4.78 is 6.78. The Labute approximate surface area is 125 Å². The second-order valence-electron chi connectivity index (χ2n) is 5.29. The minimum atomic E-state index is -0.405. The van der Waals surface area contributed by atoms with Gasteiger partial charge in [-0.05, 0) is 13.3 Å². The van der Waals surface area contributed by atoms with Gasteiger partial charge >= 0.3 is 5.97 Å². The maximum Gasteiger partial charge on any atom is 0.359 e. The molecule has 2 heterocycles. The molecule has 6 nitrogen and oxygen atoms in total. The van der Waals surface area contributed by atoms with Gasteiger partial charge in [0.2, 0.25) is 5.91 Å². The Bertz CT molecular complexity index is 537. The van der Waals surface area contributed by atoms with Crippen LogP contribution in [-0.2, 0) is 29.5 Å². The van der Waals surface area contributed by atoms with Gasteiger partial charge in [-0.15, -0.1) is 0 Å². The highest BCUT2D eigenvalue weighted by Crippen LogP contribution is 2.23. The lowest BCUT2D eigenvalue weighted by Gasteiger charge is -2.27. The third-order valence-corrected chi connectivity index (χ3v) is 3.81. The van der Waals surface area contributed by atoms with E-state index in [-0.39, 0.29) is 5.91 Å². The first-order chi connectivity index (χ1) is 10.1. The zero-order valence-electron chi connectivity index (χ0n) is 13.0. The van der Waals surface area contributed by atoms with E-state index in [1.807, 2.05) is 11.9 Å². The molecule has 1 aliphatic heterocycles. The summed E-state index contributed by atoms with van der Waals surface area (Å²) in [6.07, 6.45) is 3.21. The fourth-order valence-corrected chi connectivity index (χ4v) is 2.65. The number of aromatic nitrogens is 2. The molecule has 0 N–H and O–H groups in total. The maximum atomic E-state index is 12.2. The molecule has 21 heavy (non-hydrogen) atoms. The molecular weight excluding hydrogens is 270 g/mol. The summed E-state index contributed by atoms with van der Waals surface area (Å²) in [5, 5.41) is 4.27. The van der Waals surface area contributed by atoms with Crippen molar-refractivity contribution in [3.8, 4) is 0 Å². The van der Waals surface area contributed by atoms with Gasteiger partial charge in [-0.1, -0.05) is 13.3 Å². The molecule has 0 bridgehead atoms. The molecule has 1 aliphatic rings. The van der Waals surface area contributed by atoms with Crippen molar-refractivity contribution in [1.82, 2.24) is 14.7 Å². The lowest BCUT2D eigenvalue weighted by molar-refractivity contribution is -0.132. The molecule has 0 saturated carbocycles. The minimum absolute atomic E-state index is 0.154. The Morgan fingerprint density at radius 1 is 1.33 bits per heavy atom. The molecule has 116 valence electrons. The van der Waals surface area contributed by atoms with Crippen LogP contribution in [0.3, 0.4) is 0 Å². The molecule has 1 aromatic rings. The number of unbranched alkanes of at least 4 members (excludes halogenated alkanes) is 1. The Balaban J connectivity index is 2.18. The van der Waals surface area contributed by atoms with Gasteiger partial charge in [-0.3, -0.25) is 9.48 Å². The highest BCUT2D eigenvalue weighted by molar-refractivity contribution is 5.89. The van der Waals surface area contributed by atoms with Crippen LogP contribution in [-0.4, -0.2) is 39.7 Å². The number of fused-ring (bicyclic) bond motifs is 1. The van der Waals surface area contributed by atoms with Crippen molar-refractivity contribution in [3.05, 3.63) is 17.0 Å². The van der Waals surface area contributed by atoms with E-state index in [0.29, 0.717) is 31.8 Å². The van der Waals surface area contributed by atoms with Gasteiger partial charge in [0.15, 0.2) is 5.69 Å². The average Bonchev–Trinajstić information content (AvgIpc) is 2.82. The molecule has 2 rings (SSSR count). The van der Waals surface area contributed by atoms with E-state index < -0.39 is 5.97 Å². The fourth-order valence-electron chi connectivity index (χ4n) is 2.65. The van der Waals surface area contributed by atoms with Crippen LogP contribution in [0.15, 0.2) is 0 Å². The molecule has 1 aromatic heterocycles. The third-order valence-electron chi connectivity index (χ3n) is 3.81. The molecule has 0 aromatic carbocycles. The van der Waals surface area contributed by atoms with Crippen LogP contribution >= 0.6 is 0 Å².